The Morgan fingerprint density at radius 3 is 2.70 bits per heavy atom. The van der Waals surface area contributed by atoms with Crippen LogP contribution < -0.4 is 20.7 Å². The first-order valence-electron chi connectivity index (χ1n) is 12.2. The fourth-order valence-electron chi connectivity index (χ4n) is 4.99. The molecule has 0 aliphatic carbocycles. The first-order chi connectivity index (χ1) is 17.7. The number of methoxy groups -OCH3 is 1. The van der Waals surface area contributed by atoms with E-state index in [0.29, 0.717) is 35.1 Å². The lowest BCUT2D eigenvalue weighted by atomic mass is 9.95. The van der Waals surface area contributed by atoms with E-state index in [1.807, 2.05) is 6.92 Å². The van der Waals surface area contributed by atoms with Gasteiger partial charge in [-0.15, -0.1) is 0 Å². The Kier molecular flexibility index (Phi) is 8.04. The molecule has 1 fully saturated rings. The maximum Gasteiger partial charge on any atom is 0.339 e. The number of piperidine rings is 1. The SMILES string of the molecule is CCC(c1ccc(C(=O)O)c(Oc2cccc(Cl)c2)c1OC)N1CCC[C@H](n2cc(C)c(=O)[nH]c2=O)C1. The largest absolute Gasteiger partial charge is 0.492 e. The van der Waals surface area contributed by atoms with Gasteiger partial charge in [0.05, 0.1) is 13.2 Å². The number of nitrogens with zero attached hydrogens (tertiary/aromatic N) is 2. The number of rotatable bonds is 8. The molecule has 4 rings (SSSR count). The molecule has 2 N–H and O–H groups in total. The molecule has 2 heterocycles. The molecule has 2 atom stereocenters. The number of carboxylic acid groups (broad SMARTS) is 1. The van der Waals surface area contributed by atoms with Gasteiger partial charge in [-0.3, -0.25) is 19.2 Å². The zero-order chi connectivity index (χ0) is 26.7. The van der Waals surface area contributed by atoms with E-state index in [9.17, 15) is 19.5 Å². The van der Waals surface area contributed by atoms with Crippen LogP contribution in [0.4, 0.5) is 0 Å². The number of halogens is 1. The van der Waals surface area contributed by atoms with Crippen LogP contribution in [0.25, 0.3) is 0 Å². The molecule has 3 aromatic rings. The summed E-state index contributed by atoms with van der Waals surface area (Å²) in [7, 11) is 1.49. The number of benzene rings is 2. The second-order valence-corrected chi connectivity index (χ2v) is 9.56. The molecule has 0 bridgehead atoms. The highest BCUT2D eigenvalue weighted by Gasteiger charge is 2.31. The third kappa shape index (κ3) is 5.57. The third-order valence-electron chi connectivity index (χ3n) is 6.75. The predicted molar refractivity (Wildman–Crippen MR) is 140 cm³/mol. The summed E-state index contributed by atoms with van der Waals surface area (Å²) < 4.78 is 13.4. The van der Waals surface area contributed by atoms with Gasteiger partial charge in [-0.2, -0.15) is 0 Å². The van der Waals surface area contributed by atoms with Gasteiger partial charge in [0, 0.05) is 34.9 Å². The number of aromatic carboxylic acids is 1. The Hall–Kier alpha value is -3.56. The molecule has 1 aliphatic heterocycles. The topological polar surface area (TPSA) is 114 Å². The number of aryl methyl sites for hydroxylation is 1. The van der Waals surface area contributed by atoms with Crippen molar-refractivity contribution in [2.24, 2.45) is 0 Å². The van der Waals surface area contributed by atoms with Crippen LogP contribution in [0.15, 0.2) is 52.2 Å². The molecule has 0 radical (unpaired) electrons. The van der Waals surface area contributed by atoms with Crippen molar-refractivity contribution in [1.82, 2.24) is 14.5 Å². The van der Waals surface area contributed by atoms with Crippen molar-refractivity contribution in [2.45, 2.75) is 45.2 Å². The fourth-order valence-corrected chi connectivity index (χ4v) is 5.17. The smallest absolute Gasteiger partial charge is 0.339 e. The average Bonchev–Trinajstić information content (AvgIpc) is 2.87. The normalized spacial score (nSPS) is 16.8. The molecule has 2 aromatic carbocycles. The lowest BCUT2D eigenvalue weighted by Crippen LogP contribution is -2.43. The van der Waals surface area contributed by atoms with Crippen molar-refractivity contribution < 1.29 is 19.4 Å². The molecule has 0 spiro atoms. The maximum absolute atomic E-state index is 12.5. The van der Waals surface area contributed by atoms with Crippen molar-refractivity contribution in [1.29, 1.82) is 0 Å². The van der Waals surface area contributed by atoms with Gasteiger partial charge in [0.15, 0.2) is 11.5 Å². The average molecular weight is 528 g/mol. The number of aromatic nitrogens is 2. The van der Waals surface area contributed by atoms with Gasteiger partial charge in [0.1, 0.15) is 11.3 Å². The highest BCUT2D eigenvalue weighted by molar-refractivity contribution is 6.30. The maximum atomic E-state index is 12.5. The zero-order valence-corrected chi connectivity index (χ0v) is 21.7. The predicted octanol–water partition coefficient (Wildman–Crippen LogP) is 4.79. The molecular weight excluding hydrogens is 498 g/mol. The Morgan fingerprint density at radius 1 is 1.24 bits per heavy atom. The number of aromatic amines is 1. The van der Waals surface area contributed by atoms with E-state index < -0.39 is 11.7 Å². The molecule has 10 heteroatoms. The van der Waals surface area contributed by atoms with Gasteiger partial charge >= 0.3 is 11.7 Å². The fraction of sp³-hybridized carbons (Fsp3) is 0.370. The summed E-state index contributed by atoms with van der Waals surface area (Å²) in [6.07, 6.45) is 3.99. The van der Waals surface area contributed by atoms with Gasteiger partial charge in [0.2, 0.25) is 0 Å². The summed E-state index contributed by atoms with van der Waals surface area (Å²) in [6.45, 7) is 5.10. The quantitative estimate of drug-likeness (QED) is 0.433. The standard InChI is InChI=1S/C27H30ClN3O6/c1-4-22(30-12-6-8-18(15-30)31-14-16(2)25(32)29-27(31)35)20-10-11-21(26(33)34)24(23(20)36-3)37-19-9-5-7-17(28)13-19/h5,7,9-11,13-14,18,22H,4,6,8,12,15H2,1-3H3,(H,33,34)(H,29,32,35)/t18-,22?/m0/s1. The Balaban J connectivity index is 1.72. The molecule has 1 aliphatic rings. The number of hydrogen-bond acceptors (Lipinski definition) is 6. The monoisotopic (exact) mass is 527 g/mol. The molecular formula is C27H30ClN3O6. The summed E-state index contributed by atoms with van der Waals surface area (Å²) in [5.41, 5.74) is 0.448. The second-order valence-electron chi connectivity index (χ2n) is 9.12. The molecule has 1 saturated heterocycles. The summed E-state index contributed by atoms with van der Waals surface area (Å²) in [5.74, 6) is -0.301. The minimum Gasteiger partial charge on any atom is -0.492 e. The summed E-state index contributed by atoms with van der Waals surface area (Å²) in [6, 6.07) is 9.78. The third-order valence-corrected chi connectivity index (χ3v) is 6.98. The van der Waals surface area contributed by atoms with Gasteiger partial charge in [0.25, 0.3) is 5.56 Å². The van der Waals surface area contributed by atoms with Crippen molar-refractivity contribution >= 4 is 17.6 Å². The number of carbonyl (C=O) groups is 1. The highest BCUT2D eigenvalue weighted by Crippen LogP contribution is 2.44. The van der Waals surface area contributed by atoms with Crippen LogP contribution in [-0.2, 0) is 0 Å². The lowest BCUT2D eigenvalue weighted by molar-refractivity contribution is 0.0693. The molecule has 9 nitrogen and oxygen atoms in total. The summed E-state index contributed by atoms with van der Waals surface area (Å²) in [5, 5.41) is 10.3. The molecule has 1 unspecified atom stereocenters. The molecule has 196 valence electrons. The van der Waals surface area contributed by atoms with Crippen molar-refractivity contribution in [3.05, 3.63) is 85.1 Å². The van der Waals surface area contributed by atoms with Crippen molar-refractivity contribution in [3.63, 3.8) is 0 Å². The van der Waals surface area contributed by atoms with E-state index in [1.54, 1.807) is 48.0 Å². The second kappa shape index (κ2) is 11.2. The minimum absolute atomic E-state index is 0.0257. The molecule has 37 heavy (non-hydrogen) atoms. The number of likely N-dealkylation sites (tertiary alicyclic amines) is 1. The van der Waals surface area contributed by atoms with E-state index in [0.717, 1.165) is 24.9 Å². The molecule has 1 aromatic heterocycles. The van der Waals surface area contributed by atoms with Crippen LogP contribution >= 0.6 is 11.6 Å². The number of carboxylic acids is 1. The number of H-pyrrole nitrogens is 1. The van der Waals surface area contributed by atoms with E-state index in [-0.39, 0.29) is 29.0 Å². The highest BCUT2D eigenvalue weighted by atomic mass is 35.5. The van der Waals surface area contributed by atoms with Crippen LogP contribution in [0.2, 0.25) is 5.02 Å². The van der Waals surface area contributed by atoms with Crippen LogP contribution in [0.3, 0.4) is 0 Å². The lowest BCUT2D eigenvalue weighted by Gasteiger charge is -2.39. The first kappa shape index (κ1) is 26.5. The Morgan fingerprint density at radius 2 is 2.03 bits per heavy atom. The summed E-state index contributed by atoms with van der Waals surface area (Å²) >= 11 is 6.11. The van der Waals surface area contributed by atoms with E-state index in [4.69, 9.17) is 21.1 Å². The van der Waals surface area contributed by atoms with Gasteiger partial charge < -0.3 is 14.6 Å². The van der Waals surface area contributed by atoms with Crippen molar-refractivity contribution in [3.8, 4) is 17.2 Å². The van der Waals surface area contributed by atoms with Gasteiger partial charge in [-0.1, -0.05) is 30.7 Å². The number of nitrogens with one attached hydrogen (secondary N) is 1. The van der Waals surface area contributed by atoms with Crippen LogP contribution in [0.1, 0.15) is 59.8 Å². The van der Waals surface area contributed by atoms with E-state index in [1.165, 1.54) is 13.2 Å². The van der Waals surface area contributed by atoms with Crippen LogP contribution in [-0.4, -0.2) is 45.7 Å². The molecule has 0 saturated carbocycles. The Labute approximate surface area is 219 Å². The molecule has 0 amide bonds. The van der Waals surface area contributed by atoms with Crippen molar-refractivity contribution in [2.75, 3.05) is 20.2 Å². The van der Waals surface area contributed by atoms with Crippen LogP contribution in [0, 0.1) is 6.92 Å². The summed E-state index contributed by atoms with van der Waals surface area (Å²) in [4.78, 5) is 41.1. The van der Waals surface area contributed by atoms with E-state index in [2.05, 4.69) is 9.88 Å². The van der Waals surface area contributed by atoms with Gasteiger partial charge in [-0.05, 0) is 57.0 Å². The Bertz CT molecular complexity index is 1420. The minimum atomic E-state index is -1.14. The zero-order valence-electron chi connectivity index (χ0n) is 21.0. The van der Waals surface area contributed by atoms with Gasteiger partial charge in [-0.25, -0.2) is 9.59 Å². The van der Waals surface area contributed by atoms with Crippen LogP contribution in [0.5, 0.6) is 17.2 Å². The number of ether oxygens (including phenoxy) is 2. The van der Waals surface area contributed by atoms with E-state index >= 15 is 0 Å². The number of hydrogen-bond donors (Lipinski definition) is 2. The first-order valence-corrected chi connectivity index (χ1v) is 12.5.